The van der Waals surface area contributed by atoms with E-state index in [9.17, 15) is 5.11 Å². The van der Waals surface area contributed by atoms with Crippen molar-refractivity contribution >= 4 is 0 Å². The van der Waals surface area contributed by atoms with Crippen LogP contribution in [-0.4, -0.2) is 11.2 Å². The number of hydrogen-bond donors (Lipinski definition) is 1. The Morgan fingerprint density at radius 1 is 1.07 bits per heavy atom. The van der Waals surface area contributed by atoms with Crippen LogP contribution in [0, 0.1) is 16.7 Å². The second-order valence-corrected chi connectivity index (χ2v) is 5.72. The normalized spacial score (nSPS) is 19.5. The maximum absolute atomic E-state index is 9.89. The van der Waals surface area contributed by atoms with E-state index in [1.165, 1.54) is 12.8 Å². The standard InChI is InChI=1S/C13H28O/c1-8-9-13(7,10(2)3)12(5,6)11(4)14/h10-11,14H,8-9H2,1-7H3. The number of aliphatic hydroxyl groups excluding tert-OH is 1. The van der Waals surface area contributed by atoms with Gasteiger partial charge in [0.15, 0.2) is 0 Å². The molecule has 0 aliphatic carbocycles. The molecular formula is C13H28O. The van der Waals surface area contributed by atoms with Gasteiger partial charge in [-0.2, -0.15) is 0 Å². The van der Waals surface area contributed by atoms with Gasteiger partial charge in [-0.05, 0) is 30.1 Å². The lowest BCUT2D eigenvalue weighted by molar-refractivity contribution is -0.0662. The van der Waals surface area contributed by atoms with Crippen molar-refractivity contribution in [1.29, 1.82) is 0 Å². The van der Waals surface area contributed by atoms with Gasteiger partial charge in [-0.15, -0.1) is 0 Å². The zero-order valence-electron chi connectivity index (χ0n) is 11.0. The predicted molar refractivity (Wildman–Crippen MR) is 63.3 cm³/mol. The minimum absolute atomic E-state index is 0.0167. The molecule has 0 aliphatic heterocycles. The molecule has 14 heavy (non-hydrogen) atoms. The number of rotatable bonds is 5. The van der Waals surface area contributed by atoms with Gasteiger partial charge < -0.3 is 5.11 Å². The molecule has 0 aromatic heterocycles. The molecule has 0 amide bonds. The Morgan fingerprint density at radius 2 is 1.50 bits per heavy atom. The quantitative estimate of drug-likeness (QED) is 0.714. The average molecular weight is 200 g/mol. The van der Waals surface area contributed by atoms with Crippen molar-refractivity contribution in [1.82, 2.24) is 0 Å². The summed E-state index contributed by atoms with van der Waals surface area (Å²) >= 11 is 0. The Kier molecular flexibility index (Phi) is 4.64. The largest absolute Gasteiger partial charge is 0.393 e. The van der Waals surface area contributed by atoms with Gasteiger partial charge in [0.2, 0.25) is 0 Å². The molecule has 0 saturated heterocycles. The third-order valence-corrected chi connectivity index (χ3v) is 4.56. The molecule has 0 aliphatic rings. The monoisotopic (exact) mass is 200 g/mol. The summed E-state index contributed by atoms with van der Waals surface area (Å²) in [5.41, 5.74) is 0.201. The summed E-state index contributed by atoms with van der Waals surface area (Å²) < 4.78 is 0. The van der Waals surface area contributed by atoms with Crippen molar-refractivity contribution < 1.29 is 5.11 Å². The smallest absolute Gasteiger partial charge is 0.0568 e. The SMILES string of the molecule is CCCC(C)(C(C)C)C(C)(C)C(C)O. The average Bonchev–Trinajstić information content (AvgIpc) is 2.03. The van der Waals surface area contributed by atoms with Crippen molar-refractivity contribution in [3.8, 4) is 0 Å². The summed E-state index contributed by atoms with van der Waals surface area (Å²) in [5, 5.41) is 9.89. The van der Waals surface area contributed by atoms with E-state index < -0.39 is 0 Å². The Hall–Kier alpha value is -0.0400. The molecule has 0 fully saturated rings. The third-order valence-electron chi connectivity index (χ3n) is 4.56. The van der Waals surface area contributed by atoms with Crippen LogP contribution in [0.2, 0.25) is 0 Å². The topological polar surface area (TPSA) is 20.2 Å². The highest BCUT2D eigenvalue weighted by Gasteiger charge is 2.45. The van der Waals surface area contributed by atoms with Gasteiger partial charge in [-0.25, -0.2) is 0 Å². The van der Waals surface area contributed by atoms with Crippen LogP contribution in [0.25, 0.3) is 0 Å². The molecule has 2 atom stereocenters. The van der Waals surface area contributed by atoms with Gasteiger partial charge in [-0.1, -0.05) is 48.0 Å². The minimum Gasteiger partial charge on any atom is -0.393 e. The lowest BCUT2D eigenvalue weighted by Gasteiger charge is -2.49. The van der Waals surface area contributed by atoms with Crippen LogP contribution >= 0.6 is 0 Å². The highest BCUT2D eigenvalue weighted by Crippen LogP contribution is 2.49. The highest BCUT2D eigenvalue weighted by molar-refractivity contribution is 4.94. The van der Waals surface area contributed by atoms with Crippen LogP contribution in [0.5, 0.6) is 0 Å². The molecule has 0 rings (SSSR count). The van der Waals surface area contributed by atoms with E-state index in [1.54, 1.807) is 0 Å². The molecule has 1 nitrogen and oxygen atoms in total. The second kappa shape index (κ2) is 4.65. The van der Waals surface area contributed by atoms with Crippen LogP contribution in [0.3, 0.4) is 0 Å². The zero-order valence-corrected chi connectivity index (χ0v) is 11.0. The fourth-order valence-electron chi connectivity index (χ4n) is 2.35. The lowest BCUT2D eigenvalue weighted by Crippen LogP contribution is -2.46. The molecule has 2 unspecified atom stereocenters. The molecular weight excluding hydrogens is 172 g/mol. The summed E-state index contributed by atoms with van der Waals surface area (Å²) in [4.78, 5) is 0. The van der Waals surface area contributed by atoms with Crippen molar-refractivity contribution in [2.45, 2.75) is 67.4 Å². The molecule has 0 aromatic rings. The second-order valence-electron chi connectivity index (χ2n) is 5.72. The molecule has 0 aromatic carbocycles. The third kappa shape index (κ3) is 2.31. The minimum atomic E-state index is -0.249. The maximum Gasteiger partial charge on any atom is 0.0568 e. The van der Waals surface area contributed by atoms with Crippen molar-refractivity contribution in [2.75, 3.05) is 0 Å². The summed E-state index contributed by atoms with van der Waals surface area (Å²) in [7, 11) is 0. The van der Waals surface area contributed by atoms with E-state index in [2.05, 4.69) is 41.5 Å². The molecule has 1 N–H and O–H groups in total. The van der Waals surface area contributed by atoms with Gasteiger partial charge in [0.05, 0.1) is 6.10 Å². The van der Waals surface area contributed by atoms with Crippen LogP contribution in [0.15, 0.2) is 0 Å². The Balaban J connectivity index is 4.99. The summed E-state index contributed by atoms with van der Waals surface area (Å²) in [6, 6.07) is 0. The highest BCUT2D eigenvalue weighted by atomic mass is 16.3. The first-order valence-corrected chi connectivity index (χ1v) is 5.88. The molecule has 0 heterocycles. The van der Waals surface area contributed by atoms with Gasteiger partial charge in [0.1, 0.15) is 0 Å². The molecule has 86 valence electrons. The molecule has 0 radical (unpaired) electrons. The Morgan fingerprint density at radius 3 is 1.71 bits per heavy atom. The van der Waals surface area contributed by atoms with Crippen molar-refractivity contribution in [2.24, 2.45) is 16.7 Å². The fourth-order valence-corrected chi connectivity index (χ4v) is 2.35. The first-order chi connectivity index (χ1) is 6.20. The number of aliphatic hydroxyl groups is 1. The van der Waals surface area contributed by atoms with Crippen LogP contribution in [0.4, 0.5) is 0 Å². The molecule has 1 heteroatoms. The van der Waals surface area contributed by atoms with Crippen LogP contribution < -0.4 is 0 Å². The Bertz CT molecular complexity index is 170. The van der Waals surface area contributed by atoms with E-state index in [-0.39, 0.29) is 16.9 Å². The van der Waals surface area contributed by atoms with E-state index in [1.807, 2.05) is 6.92 Å². The predicted octanol–water partition coefficient (Wildman–Crippen LogP) is 3.86. The van der Waals surface area contributed by atoms with E-state index >= 15 is 0 Å². The summed E-state index contributed by atoms with van der Waals surface area (Å²) in [6.07, 6.45) is 2.12. The first kappa shape index (κ1) is 14.0. The zero-order chi connectivity index (χ0) is 11.6. The summed E-state index contributed by atoms with van der Waals surface area (Å²) in [5.74, 6) is 0.604. The number of hydrogen-bond acceptors (Lipinski definition) is 1. The summed E-state index contributed by atoms with van der Waals surface area (Å²) in [6.45, 7) is 15.4. The van der Waals surface area contributed by atoms with E-state index in [0.717, 1.165) is 0 Å². The van der Waals surface area contributed by atoms with Gasteiger partial charge >= 0.3 is 0 Å². The van der Waals surface area contributed by atoms with Crippen molar-refractivity contribution in [3.05, 3.63) is 0 Å². The van der Waals surface area contributed by atoms with Crippen LogP contribution in [0.1, 0.15) is 61.3 Å². The van der Waals surface area contributed by atoms with Crippen molar-refractivity contribution in [3.63, 3.8) is 0 Å². The lowest BCUT2D eigenvalue weighted by atomic mass is 9.57. The molecule has 0 bridgehead atoms. The van der Waals surface area contributed by atoms with Gasteiger partial charge in [-0.3, -0.25) is 0 Å². The van der Waals surface area contributed by atoms with Gasteiger partial charge in [0.25, 0.3) is 0 Å². The van der Waals surface area contributed by atoms with Crippen LogP contribution in [-0.2, 0) is 0 Å². The maximum atomic E-state index is 9.89. The Labute approximate surface area is 89.9 Å². The molecule has 0 saturated carbocycles. The van der Waals surface area contributed by atoms with E-state index in [4.69, 9.17) is 0 Å². The molecule has 0 spiro atoms. The fraction of sp³-hybridized carbons (Fsp3) is 1.00. The van der Waals surface area contributed by atoms with E-state index in [0.29, 0.717) is 5.92 Å². The van der Waals surface area contributed by atoms with Gasteiger partial charge in [0, 0.05) is 0 Å². The first-order valence-electron chi connectivity index (χ1n) is 5.88.